The number of benzene rings is 1. The van der Waals surface area contributed by atoms with E-state index in [0.29, 0.717) is 25.6 Å². The van der Waals surface area contributed by atoms with Crippen molar-refractivity contribution >= 4 is 30.7 Å². The van der Waals surface area contributed by atoms with Crippen LogP contribution in [0, 0.1) is 11.8 Å². The number of nitrogens with two attached hydrogens (primary N) is 1. The summed E-state index contributed by atoms with van der Waals surface area (Å²) in [5, 5.41) is 3.08. The number of morpholine rings is 1. The van der Waals surface area contributed by atoms with E-state index < -0.39 is 0 Å². The van der Waals surface area contributed by atoms with Crippen molar-refractivity contribution in [3.05, 3.63) is 29.8 Å². The molecule has 1 aliphatic heterocycles. The van der Waals surface area contributed by atoms with Gasteiger partial charge in [-0.15, -0.1) is 24.8 Å². The third-order valence-electron chi connectivity index (χ3n) is 5.49. The van der Waals surface area contributed by atoms with Crippen LogP contribution in [-0.2, 0) is 16.1 Å². The molecule has 1 aromatic carbocycles. The van der Waals surface area contributed by atoms with Gasteiger partial charge in [0.25, 0.3) is 0 Å². The van der Waals surface area contributed by atoms with E-state index in [1.807, 2.05) is 24.3 Å². The van der Waals surface area contributed by atoms with Crippen molar-refractivity contribution in [1.29, 1.82) is 0 Å². The molecule has 8 heteroatoms. The number of para-hydroxylation sites is 1. The SMILES string of the molecule is Cl.Cl.NC[C@H]1CCC[C@H]1C(=O)NCc1ccccc1OCCN1CCOCC1. The summed E-state index contributed by atoms with van der Waals surface area (Å²) in [6.07, 6.45) is 3.11. The second-order valence-corrected chi connectivity index (χ2v) is 7.16. The zero-order chi connectivity index (χ0) is 18.2. The molecule has 28 heavy (non-hydrogen) atoms. The molecule has 160 valence electrons. The summed E-state index contributed by atoms with van der Waals surface area (Å²) in [6, 6.07) is 7.93. The number of amides is 1. The van der Waals surface area contributed by atoms with Crippen LogP contribution in [0.5, 0.6) is 5.75 Å². The maximum atomic E-state index is 12.5. The summed E-state index contributed by atoms with van der Waals surface area (Å²) in [5.41, 5.74) is 6.82. The Bertz CT molecular complexity index is 586. The van der Waals surface area contributed by atoms with E-state index in [0.717, 1.165) is 63.4 Å². The Labute approximate surface area is 180 Å². The smallest absolute Gasteiger partial charge is 0.223 e. The summed E-state index contributed by atoms with van der Waals surface area (Å²) in [7, 11) is 0. The quantitative estimate of drug-likeness (QED) is 0.656. The molecule has 6 nitrogen and oxygen atoms in total. The minimum absolute atomic E-state index is 0. The molecule has 0 bridgehead atoms. The predicted octanol–water partition coefficient (Wildman–Crippen LogP) is 2.23. The molecule has 1 aromatic rings. The summed E-state index contributed by atoms with van der Waals surface area (Å²) in [4.78, 5) is 14.8. The molecule has 1 aliphatic carbocycles. The largest absolute Gasteiger partial charge is 0.492 e. The Balaban J connectivity index is 0.00000196. The molecular formula is C20H33Cl2N3O3. The van der Waals surface area contributed by atoms with Gasteiger partial charge >= 0.3 is 0 Å². The Morgan fingerprint density at radius 3 is 2.71 bits per heavy atom. The second kappa shape index (κ2) is 13.2. The van der Waals surface area contributed by atoms with E-state index in [1.54, 1.807) is 0 Å². The molecule has 2 atom stereocenters. The highest BCUT2D eigenvalue weighted by molar-refractivity contribution is 5.85. The van der Waals surface area contributed by atoms with Crippen LogP contribution in [0.3, 0.4) is 0 Å². The van der Waals surface area contributed by atoms with Crippen molar-refractivity contribution in [2.24, 2.45) is 17.6 Å². The third kappa shape index (κ3) is 7.08. The molecule has 1 saturated carbocycles. The van der Waals surface area contributed by atoms with Gasteiger partial charge in [0.1, 0.15) is 12.4 Å². The van der Waals surface area contributed by atoms with E-state index in [1.165, 1.54) is 0 Å². The molecule has 1 amide bonds. The fourth-order valence-electron chi connectivity index (χ4n) is 3.88. The van der Waals surface area contributed by atoms with Crippen LogP contribution in [-0.4, -0.2) is 56.8 Å². The van der Waals surface area contributed by atoms with Crippen LogP contribution in [0.25, 0.3) is 0 Å². The van der Waals surface area contributed by atoms with Gasteiger partial charge in [0.15, 0.2) is 0 Å². The van der Waals surface area contributed by atoms with Crippen LogP contribution in [0.1, 0.15) is 24.8 Å². The van der Waals surface area contributed by atoms with E-state index in [9.17, 15) is 4.79 Å². The Hall–Kier alpha value is -1.05. The minimum atomic E-state index is 0. The molecule has 3 rings (SSSR count). The first-order valence-corrected chi connectivity index (χ1v) is 9.76. The van der Waals surface area contributed by atoms with Crippen LogP contribution >= 0.6 is 24.8 Å². The third-order valence-corrected chi connectivity index (χ3v) is 5.49. The van der Waals surface area contributed by atoms with Gasteiger partial charge in [-0.2, -0.15) is 0 Å². The highest BCUT2D eigenvalue weighted by atomic mass is 35.5. The molecular weight excluding hydrogens is 401 g/mol. The van der Waals surface area contributed by atoms with Gasteiger partial charge in [0.05, 0.1) is 13.2 Å². The molecule has 0 radical (unpaired) electrons. The number of hydrogen-bond acceptors (Lipinski definition) is 5. The molecule has 0 unspecified atom stereocenters. The van der Waals surface area contributed by atoms with Crippen molar-refractivity contribution in [3.8, 4) is 5.75 Å². The van der Waals surface area contributed by atoms with Gasteiger partial charge in [-0.25, -0.2) is 0 Å². The maximum absolute atomic E-state index is 12.5. The average molecular weight is 434 g/mol. The number of nitrogens with one attached hydrogen (secondary N) is 1. The van der Waals surface area contributed by atoms with Crippen LogP contribution in [0.15, 0.2) is 24.3 Å². The number of halogens is 2. The maximum Gasteiger partial charge on any atom is 0.223 e. The van der Waals surface area contributed by atoms with E-state index >= 15 is 0 Å². The van der Waals surface area contributed by atoms with Crippen LogP contribution < -0.4 is 15.8 Å². The number of carbonyl (C=O) groups is 1. The zero-order valence-corrected chi connectivity index (χ0v) is 17.9. The standard InChI is InChI=1S/C20H31N3O3.2ClH/c21-14-16-5-3-6-18(16)20(24)22-15-17-4-1-2-7-19(17)26-13-10-23-8-11-25-12-9-23;;/h1-2,4,7,16,18H,3,5-6,8-15,21H2,(H,22,24);2*1H/t16-,18-;;/m1../s1. The summed E-state index contributed by atoms with van der Waals surface area (Å²) in [5.74, 6) is 1.37. The lowest BCUT2D eigenvalue weighted by molar-refractivity contribution is -0.126. The van der Waals surface area contributed by atoms with E-state index in [2.05, 4.69) is 10.2 Å². The van der Waals surface area contributed by atoms with Gasteiger partial charge in [-0.05, 0) is 31.4 Å². The van der Waals surface area contributed by atoms with Gasteiger partial charge in [-0.3, -0.25) is 9.69 Å². The first-order chi connectivity index (χ1) is 12.8. The Morgan fingerprint density at radius 1 is 1.21 bits per heavy atom. The lowest BCUT2D eigenvalue weighted by Crippen LogP contribution is -2.38. The van der Waals surface area contributed by atoms with Crippen molar-refractivity contribution in [2.75, 3.05) is 46.0 Å². The molecule has 2 fully saturated rings. The predicted molar refractivity (Wildman–Crippen MR) is 115 cm³/mol. The van der Waals surface area contributed by atoms with Crippen LogP contribution in [0.4, 0.5) is 0 Å². The fraction of sp³-hybridized carbons (Fsp3) is 0.650. The first kappa shape index (κ1) is 25.0. The van der Waals surface area contributed by atoms with Gasteiger partial charge in [0, 0.05) is 37.7 Å². The summed E-state index contributed by atoms with van der Waals surface area (Å²) in [6.45, 7) is 6.16. The van der Waals surface area contributed by atoms with Gasteiger partial charge in [0.2, 0.25) is 5.91 Å². The van der Waals surface area contributed by atoms with Crippen molar-refractivity contribution in [1.82, 2.24) is 10.2 Å². The number of rotatable bonds is 8. The van der Waals surface area contributed by atoms with E-state index in [4.69, 9.17) is 15.2 Å². The number of ether oxygens (including phenoxy) is 2. The molecule has 0 spiro atoms. The minimum Gasteiger partial charge on any atom is -0.492 e. The topological polar surface area (TPSA) is 76.8 Å². The Kier molecular flexibility index (Phi) is 11.8. The average Bonchev–Trinajstić information content (AvgIpc) is 3.17. The second-order valence-electron chi connectivity index (χ2n) is 7.16. The molecule has 1 saturated heterocycles. The lowest BCUT2D eigenvalue weighted by atomic mass is 9.95. The van der Waals surface area contributed by atoms with Crippen molar-refractivity contribution < 1.29 is 14.3 Å². The van der Waals surface area contributed by atoms with Crippen molar-refractivity contribution in [3.63, 3.8) is 0 Å². The van der Waals surface area contributed by atoms with Crippen molar-refractivity contribution in [2.45, 2.75) is 25.8 Å². The molecule has 1 heterocycles. The first-order valence-electron chi connectivity index (χ1n) is 9.76. The fourth-order valence-corrected chi connectivity index (χ4v) is 3.88. The van der Waals surface area contributed by atoms with E-state index in [-0.39, 0.29) is 36.6 Å². The Morgan fingerprint density at radius 2 is 1.96 bits per heavy atom. The monoisotopic (exact) mass is 433 g/mol. The van der Waals surface area contributed by atoms with Crippen LogP contribution in [0.2, 0.25) is 0 Å². The summed E-state index contributed by atoms with van der Waals surface area (Å²) >= 11 is 0. The highest BCUT2D eigenvalue weighted by Crippen LogP contribution is 2.31. The molecule has 2 aliphatic rings. The zero-order valence-electron chi connectivity index (χ0n) is 16.3. The van der Waals surface area contributed by atoms with Gasteiger partial charge in [-0.1, -0.05) is 24.6 Å². The normalized spacial score (nSPS) is 22.0. The summed E-state index contributed by atoms with van der Waals surface area (Å²) < 4.78 is 11.4. The number of nitrogens with zero attached hydrogens (tertiary/aromatic N) is 1. The lowest BCUT2D eigenvalue weighted by Gasteiger charge is -2.26. The number of carbonyl (C=O) groups excluding carboxylic acids is 1. The number of hydrogen-bond donors (Lipinski definition) is 2. The van der Waals surface area contributed by atoms with Gasteiger partial charge < -0.3 is 20.5 Å². The molecule has 0 aromatic heterocycles. The highest BCUT2D eigenvalue weighted by Gasteiger charge is 2.31. The molecule has 3 N–H and O–H groups in total.